The van der Waals surface area contributed by atoms with Crippen molar-refractivity contribution in [3.05, 3.63) is 0 Å². The van der Waals surface area contributed by atoms with Crippen LogP contribution in [0.2, 0.25) is 0 Å². The summed E-state index contributed by atoms with van der Waals surface area (Å²) in [5, 5.41) is 12.0. The molecule has 0 unspecified atom stereocenters. The van der Waals surface area contributed by atoms with Crippen LogP contribution in [0.1, 0.15) is 206 Å². The predicted octanol–water partition coefficient (Wildman–Crippen LogP) is 7.85. The van der Waals surface area contributed by atoms with Gasteiger partial charge < -0.3 is 32.7 Å². The number of hydrogen-bond acceptors (Lipinski definition) is 6. The quantitative estimate of drug-likeness (QED) is 0.0352. The van der Waals surface area contributed by atoms with Gasteiger partial charge in [-0.1, -0.05) is 129 Å². The molecule has 0 aliphatic carbocycles. The number of nitrogens with one attached hydrogen (secondary N) is 4. The lowest BCUT2D eigenvalue weighted by Gasteiger charge is -2.19. The van der Waals surface area contributed by atoms with Crippen molar-refractivity contribution in [2.75, 3.05) is 26.2 Å². The van der Waals surface area contributed by atoms with Crippen molar-refractivity contribution in [1.82, 2.24) is 21.3 Å². The van der Waals surface area contributed by atoms with Gasteiger partial charge in [0.2, 0.25) is 23.6 Å². The Bertz CT molecular complexity index is 790. The minimum atomic E-state index is -0.517. The summed E-state index contributed by atoms with van der Waals surface area (Å²) in [6, 6.07) is -1.03. The summed E-state index contributed by atoms with van der Waals surface area (Å²) >= 11 is 0. The van der Waals surface area contributed by atoms with Crippen LogP contribution in [-0.2, 0) is 19.2 Å². The van der Waals surface area contributed by atoms with Crippen molar-refractivity contribution in [2.45, 2.75) is 219 Å². The summed E-state index contributed by atoms with van der Waals surface area (Å²) in [5.41, 5.74) is 11.3. The molecule has 0 radical (unpaired) electrons. The molecule has 0 fully saturated rings. The van der Waals surface area contributed by atoms with Crippen molar-refractivity contribution in [3.63, 3.8) is 0 Å². The predicted molar refractivity (Wildman–Crippen MR) is 218 cm³/mol. The molecule has 0 rings (SSSR count). The molecular formula is C42H84N6O4. The molecule has 52 heavy (non-hydrogen) atoms. The molecule has 0 aromatic carbocycles. The van der Waals surface area contributed by atoms with Gasteiger partial charge in [0.1, 0.15) is 12.1 Å². The molecule has 306 valence electrons. The van der Waals surface area contributed by atoms with Crippen LogP contribution >= 0.6 is 0 Å². The average molecular weight is 737 g/mol. The molecule has 0 aromatic heterocycles. The smallest absolute Gasteiger partial charge is 0.242 e. The standard InChI is InChI=1S/C42H84N6O4/c1-3-5-7-9-11-13-15-17-21-31-39(49)47-37(29-23-25-33-43)41(51)45-35-27-19-20-28-36-46-42(52)38(30-24-26-34-44)48-40(50)32-22-18-16-14-12-10-8-6-4-2/h37-38H,3-36,43-44H2,1-2H3,(H,45,51)(H,46,52)(H,47,49)(H,48,50)/t37-,38-/m0/s1. The van der Waals surface area contributed by atoms with Crippen molar-refractivity contribution < 1.29 is 19.2 Å². The Balaban J connectivity index is 4.30. The second-order valence-corrected chi connectivity index (χ2v) is 15.0. The number of amides is 4. The summed E-state index contributed by atoms with van der Waals surface area (Å²) in [6.07, 6.45) is 30.5. The van der Waals surface area contributed by atoms with Gasteiger partial charge in [-0.15, -0.1) is 0 Å². The first-order valence-electron chi connectivity index (χ1n) is 21.9. The molecule has 8 N–H and O–H groups in total. The fourth-order valence-corrected chi connectivity index (χ4v) is 6.52. The van der Waals surface area contributed by atoms with E-state index in [9.17, 15) is 19.2 Å². The first-order chi connectivity index (χ1) is 25.4. The Hall–Kier alpha value is -2.20. The van der Waals surface area contributed by atoms with Crippen LogP contribution in [0.3, 0.4) is 0 Å². The van der Waals surface area contributed by atoms with Gasteiger partial charge in [-0.2, -0.15) is 0 Å². The van der Waals surface area contributed by atoms with Crippen LogP contribution < -0.4 is 32.7 Å². The van der Waals surface area contributed by atoms with Crippen molar-refractivity contribution in [1.29, 1.82) is 0 Å². The highest BCUT2D eigenvalue weighted by Crippen LogP contribution is 2.12. The molecule has 0 aromatic rings. The van der Waals surface area contributed by atoms with Gasteiger partial charge in [0.15, 0.2) is 0 Å². The molecule has 10 nitrogen and oxygen atoms in total. The van der Waals surface area contributed by atoms with Gasteiger partial charge >= 0.3 is 0 Å². The lowest BCUT2D eigenvalue weighted by molar-refractivity contribution is -0.129. The van der Waals surface area contributed by atoms with Crippen LogP contribution in [0.4, 0.5) is 0 Å². The second-order valence-electron chi connectivity index (χ2n) is 15.0. The molecular weight excluding hydrogens is 652 g/mol. The van der Waals surface area contributed by atoms with E-state index in [0.717, 1.165) is 77.0 Å². The molecule has 2 atom stereocenters. The summed E-state index contributed by atoms with van der Waals surface area (Å²) in [5.74, 6) is -0.328. The summed E-state index contributed by atoms with van der Waals surface area (Å²) in [7, 11) is 0. The number of nitrogens with two attached hydrogens (primary N) is 2. The van der Waals surface area contributed by atoms with E-state index in [0.29, 0.717) is 51.9 Å². The van der Waals surface area contributed by atoms with Gasteiger partial charge in [0, 0.05) is 25.9 Å². The summed E-state index contributed by atoms with van der Waals surface area (Å²) in [6.45, 7) is 6.73. The van der Waals surface area contributed by atoms with Crippen LogP contribution in [0.25, 0.3) is 0 Å². The first kappa shape index (κ1) is 49.8. The monoisotopic (exact) mass is 737 g/mol. The molecule has 0 bridgehead atoms. The van der Waals surface area contributed by atoms with Gasteiger partial charge in [0.25, 0.3) is 0 Å². The van der Waals surface area contributed by atoms with E-state index in [1.54, 1.807) is 0 Å². The van der Waals surface area contributed by atoms with Crippen molar-refractivity contribution >= 4 is 23.6 Å². The third kappa shape index (κ3) is 32.5. The topological polar surface area (TPSA) is 168 Å². The maximum Gasteiger partial charge on any atom is 0.242 e. The Morgan fingerprint density at radius 2 is 0.712 bits per heavy atom. The van der Waals surface area contributed by atoms with Crippen LogP contribution in [0.5, 0.6) is 0 Å². The zero-order chi connectivity index (χ0) is 38.3. The lowest BCUT2D eigenvalue weighted by atomic mass is 10.1. The minimum Gasteiger partial charge on any atom is -0.354 e. The van der Waals surface area contributed by atoms with E-state index in [1.165, 1.54) is 89.9 Å². The highest BCUT2D eigenvalue weighted by molar-refractivity contribution is 5.88. The molecule has 0 saturated carbocycles. The van der Waals surface area contributed by atoms with Crippen molar-refractivity contribution in [3.8, 4) is 0 Å². The Kier molecular flexibility index (Phi) is 36.9. The first-order valence-corrected chi connectivity index (χ1v) is 21.9. The maximum absolute atomic E-state index is 12.9. The van der Waals surface area contributed by atoms with Crippen LogP contribution in [0, 0.1) is 0 Å². The summed E-state index contributed by atoms with van der Waals surface area (Å²) in [4.78, 5) is 51.1. The Morgan fingerprint density at radius 1 is 0.404 bits per heavy atom. The summed E-state index contributed by atoms with van der Waals surface area (Å²) < 4.78 is 0. The zero-order valence-electron chi connectivity index (χ0n) is 34.0. The van der Waals surface area contributed by atoms with Gasteiger partial charge in [-0.3, -0.25) is 19.2 Å². The van der Waals surface area contributed by atoms with Gasteiger partial charge in [-0.05, 0) is 77.3 Å². The Labute approximate surface area is 319 Å². The molecule has 0 saturated heterocycles. The lowest BCUT2D eigenvalue weighted by Crippen LogP contribution is -2.47. The number of carbonyl (C=O) groups excluding carboxylic acids is 4. The van der Waals surface area contributed by atoms with E-state index in [1.807, 2.05) is 0 Å². The molecule has 0 aliphatic heterocycles. The average Bonchev–Trinajstić information content (AvgIpc) is 3.13. The third-order valence-electron chi connectivity index (χ3n) is 9.91. The van der Waals surface area contributed by atoms with E-state index < -0.39 is 12.1 Å². The zero-order valence-corrected chi connectivity index (χ0v) is 34.0. The van der Waals surface area contributed by atoms with E-state index >= 15 is 0 Å². The molecule has 0 heterocycles. The largest absolute Gasteiger partial charge is 0.354 e. The van der Waals surface area contributed by atoms with Gasteiger partial charge in [0.05, 0.1) is 0 Å². The number of rotatable bonds is 39. The molecule has 0 aliphatic rings. The van der Waals surface area contributed by atoms with E-state index in [4.69, 9.17) is 11.5 Å². The fourth-order valence-electron chi connectivity index (χ4n) is 6.52. The number of hydrogen-bond donors (Lipinski definition) is 6. The SMILES string of the molecule is CCCCCCCCCCCC(=O)N[C@@H](CCCCN)C(=O)NCCCCCCNC(=O)[C@H](CCCCN)NC(=O)CCCCCCCCCCC. The second kappa shape index (κ2) is 38.5. The third-order valence-corrected chi connectivity index (χ3v) is 9.91. The van der Waals surface area contributed by atoms with Gasteiger partial charge in [-0.25, -0.2) is 0 Å². The highest BCUT2D eigenvalue weighted by atomic mass is 16.2. The molecule has 0 spiro atoms. The highest BCUT2D eigenvalue weighted by Gasteiger charge is 2.21. The molecule has 10 heteroatoms. The van der Waals surface area contributed by atoms with Crippen LogP contribution in [-0.4, -0.2) is 61.9 Å². The fraction of sp³-hybridized carbons (Fsp3) is 0.905. The van der Waals surface area contributed by atoms with Crippen molar-refractivity contribution in [2.24, 2.45) is 11.5 Å². The maximum atomic E-state index is 12.9. The number of carbonyl (C=O) groups is 4. The number of unbranched alkanes of at least 4 members (excludes halogenated alkanes) is 21. The van der Waals surface area contributed by atoms with Crippen LogP contribution in [0.15, 0.2) is 0 Å². The molecule has 4 amide bonds. The van der Waals surface area contributed by atoms with E-state index in [2.05, 4.69) is 35.1 Å². The Morgan fingerprint density at radius 3 is 1.04 bits per heavy atom. The minimum absolute atomic E-state index is 0.0436. The normalized spacial score (nSPS) is 12.3. The van der Waals surface area contributed by atoms with E-state index in [-0.39, 0.29) is 23.6 Å².